The number of guanidine groups is 1. The van der Waals surface area contributed by atoms with Gasteiger partial charge in [0, 0.05) is 30.6 Å². The molecule has 0 spiro atoms. The highest BCUT2D eigenvalue weighted by atomic mass is 127. The minimum Gasteiger partial charge on any atom is -0.496 e. The summed E-state index contributed by atoms with van der Waals surface area (Å²) >= 11 is 1.71. The van der Waals surface area contributed by atoms with Gasteiger partial charge in [0.15, 0.2) is 5.96 Å². The minimum atomic E-state index is 0. The van der Waals surface area contributed by atoms with E-state index < -0.39 is 0 Å². The molecule has 1 heterocycles. The van der Waals surface area contributed by atoms with Crippen LogP contribution in [0.15, 0.2) is 29.3 Å². The molecule has 0 aliphatic heterocycles. The number of hydrogen-bond donors (Lipinski definition) is 1. The molecule has 0 aliphatic rings. The van der Waals surface area contributed by atoms with E-state index in [1.165, 1.54) is 4.88 Å². The molecule has 1 N–H and O–H groups in total. The van der Waals surface area contributed by atoms with Crippen LogP contribution in [-0.4, -0.2) is 36.5 Å². The van der Waals surface area contributed by atoms with Crippen molar-refractivity contribution in [3.63, 3.8) is 0 Å². The predicted molar refractivity (Wildman–Crippen MR) is 116 cm³/mol. The Bertz CT molecular complexity index is 702. The van der Waals surface area contributed by atoms with Crippen LogP contribution in [0.25, 0.3) is 0 Å². The minimum absolute atomic E-state index is 0. The summed E-state index contributed by atoms with van der Waals surface area (Å²) in [5.74, 6) is 1.78. The summed E-state index contributed by atoms with van der Waals surface area (Å²) in [7, 11) is 3.74. The summed E-state index contributed by atoms with van der Waals surface area (Å²) in [5.41, 5.74) is 2.21. The number of nitrogens with zero attached hydrogens (tertiary/aromatic N) is 3. The van der Waals surface area contributed by atoms with Crippen LogP contribution < -0.4 is 10.1 Å². The van der Waals surface area contributed by atoms with Crippen molar-refractivity contribution >= 4 is 41.3 Å². The predicted octanol–water partition coefficient (Wildman–Crippen LogP) is 3.98. The molecule has 1 aromatic carbocycles. The van der Waals surface area contributed by atoms with Crippen LogP contribution in [-0.2, 0) is 13.1 Å². The zero-order valence-electron chi connectivity index (χ0n) is 15.5. The number of benzene rings is 1. The van der Waals surface area contributed by atoms with Crippen molar-refractivity contribution in [3.8, 4) is 5.75 Å². The Morgan fingerprint density at radius 3 is 2.64 bits per heavy atom. The summed E-state index contributed by atoms with van der Waals surface area (Å²) in [6, 6.07) is 8.07. The van der Waals surface area contributed by atoms with Crippen LogP contribution in [0.2, 0.25) is 0 Å². The second kappa shape index (κ2) is 10.6. The zero-order chi connectivity index (χ0) is 17.5. The first-order valence-electron chi connectivity index (χ1n) is 8.09. The molecule has 25 heavy (non-hydrogen) atoms. The number of aromatic nitrogens is 1. The summed E-state index contributed by atoms with van der Waals surface area (Å²) in [5, 5.41) is 4.44. The molecule has 0 fully saturated rings. The SMILES string of the molecule is CCNC(=NCc1sc(C)nc1C)N(C)Cc1ccccc1OC.I. The van der Waals surface area contributed by atoms with Crippen molar-refractivity contribution in [2.45, 2.75) is 33.9 Å². The van der Waals surface area contributed by atoms with Crippen molar-refractivity contribution in [3.05, 3.63) is 45.4 Å². The molecular formula is C18H27IN4OS. The average Bonchev–Trinajstić information content (AvgIpc) is 2.89. The lowest BCUT2D eigenvalue weighted by Crippen LogP contribution is -2.38. The first kappa shape index (κ1) is 21.7. The molecule has 0 saturated heterocycles. The first-order chi connectivity index (χ1) is 11.5. The molecule has 2 rings (SSSR count). The summed E-state index contributed by atoms with van der Waals surface area (Å²) in [6.45, 7) is 8.36. The van der Waals surface area contributed by atoms with Gasteiger partial charge in [0.2, 0.25) is 0 Å². The van der Waals surface area contributed by atoms with Crippen LogP contribution in [0.1, 0.15) is 28.1 Å². The number of para-hydroxylation sites is 1. The molecule has 1 aromatic heterocycles. The van der Waals surface area contributed by atoms with Crippen molar-refractivity contribution < 1.29 is 4.74 Å². The van der Waals surface area contributed by atoms with Gasteiger partial charge in [-0.1, -0.05) is 18.2 Å². The first-order valence-corrected chi connectivity index (χ1v) is 8.91. The van der Waals surface area contributed by atoms with Crippen LogP contribution in [0, 0.1) is 13.8 Å². The Morgan fingerprint density at radius 2 is 2.04 bits per heavy atom. The summed E-state index contributed by atoms with van der Waals surface area (Å²) < 4.78 is 5.44. The van der Waals surface area contributed by atoms with Crippen molar-refractivity contribution in [2.24, 2.45) is 4.99 Å². The second-order valence-corrected chi connectivity index (χ2v) is 6.87. The number of hydrogen-bond acceptors (Lipinski definition) is 4. The van der Waals surface area contributed by atoms with E-state index >= 15 is 0 Å². The van der Waals surface area contributed by atoms with E-state index in [1.54, 1.807) is 18.4 Å². The molecule has 7 heteroatoms. The fourth-order valence-corrected chi connectivity index (χ4v) is 3.36. The Morgan fingerprint density at radius 1 is 1.32 bits per heavy atom. The van der Waals surface area contributed by atoms with Gasteiger partial charge in [0.05, 0.1) is 24.4 Å². The van der Waals surface area contributed by atoms with Gasteiger partial charge in [0.1, 0.15) is 5.75 Å². The average molecular weight is 474 g/mol. The molecule has 0 bridgehead atoms. The maximum Gasteiger partial charge on any atom is 0.194 e. The van der Waals surface area contributed by atoms with Crippen molar-refractivity contribution in [2.75, 3.05) is 20.7 Å². The maximum absolute atomic E-state index is 5.44. The number of aryl methyl sites for hydroxylation is 2. The Hall–Kier alpha value is -1.35. The molecule has 0 atom stereocenters. The standard InChI is InChI=1S/C18H26N4OS.HI/c1-6-19-18(20-11-17-13(2)21-14(3)24-17)22(4)12-15-9-7-8-10-16(15)23-5;/h7-10H,6,11-12H2,1-5H3,(H,19,20);1H. The van der Waals surface area contributed by atoms with E-state index in [1.807, 2.05) is 39.1 Å². The Kier molecular flexibility index (Phi) is 9.20. The lowest BCUT2D eigenvalue weighted by atomic mass is 10.2. The Labute approximate surface area is 171 Å². The number of rotatable bonds is 6. The number of nitrogens with one attached hydrogen (secondary N) is 1. The number of halogens is 1. The summed E-state index contributed by atoms with van der Waals surface area (Å²) in [4.78, 5) is 12.6. The number of thiazole rings is 1. The van der Waals surface area contributed by atoms with Crippen LogP contribution in [0.5, 0.6) is 5.75 Å². The normalized spacial score (nSPS) is 11.0. The van der Waals surface area contributed by atoms with Crippen LogP contribution in [0.3, 0.4) is 0 Å². The third kappa shape index (κ3) is 6.14. The molecule has 0 amide bonds. The second-order valence-electron chi connectivity index (χ2n) is 5.58. The van der Waals surface area contributed by atoms with E-state index in [4.69, 9.17) is 9.73 Å². The van der Waals surface area contributed by atoms with E-state index in [-0.39, 0.29) is 24.0 Å². The molecule has 0 aliphatic carbocycles. The molecule has 2 aromatic rings. The summed E-state index contributed by atoms with van der Waals surface area (Å²) in [6.07, 6.45) is 0. The largest absolute Gasteiger partial charge is 0.496 e. The zero-order valence-corrected chi connectivity index (χ0v) is 18.6. The van der Waals surface area contributed by atoms with Gasteiger partial charge in [-0.3, -0.25) is 0 Å². The van der Waals surface area contributed by atoms with Crippen molar-refractivity contribution in [1.29, 1.82) is 0 Å². The van der Waals surface area contributed by atoms with Gasteiger partial charge in [-0.05, 0) is 26.8 Å². The lowest BCUT2D eigenvalue weighted by Gasteiger charge is -2.23. The van der Waals surface area contributed by atoms with Gasteiger partial charge >= 0.3 is 0 Å². The van der Waals surface area contributed by atoms with E-state index in [9.17, 15) is 0 Å². The lowest BCUT2D eigenvalue weighted by molar-refractivity contribution is 0.396. The monoisotopic (exact) mass is 474 g/mol. The van der Waals surface area contributed by atoms with Crippen molar-refractivity contribution in [1.82, 2.24) is 15.2 Å². The molecule has 0 saturated carbocycles. The number of aliphatic imine (C=N–C) groups is 1. The topological polar surface area (TPSA) is 49.8 Å². The number of methoxy groups -OCH3 is 1. The highest BCUT2D eigenvalue weighted by Gasteiger charge is 2.11. The fourth-order valence-electron chi connectivity index (χ4n) is 2.50. The molecule has 5 nitrogen and oxygen atoms in total. The van der Waals surface area contributed by atoms with Crippen LogP contribution >= 0.6 is 35.3 Å². The highest BCUT2D eigenvalue weighted by molar-refractivity contribution is 14.0. The van der Waals surface area contributed by atoms with Gasteiger partial charge in [0.25, 0.3) is 0 Å². The Balaban J connectivity index is 0.00000312. The third-order valence-corrected chi connectivity index (χ3v) is 4.73. The highest BCUT2D eigenvalue weighted by Crippen LogP contribution is 2.20. The van der Waals surface area contributed by atoms with E-state index in [0.717, 1.165) is 41.1 Å². The molecule has 0 unspecified atom stereocenters. The third-order valence-electron chi connectivity index (χ3n) is 3.67. The van der Waals surface area contributed by atoms with E-state index in [0.29, 0.717) is 6.54 Å². The quantitative estimate of drug-likeness (QED) is 0.391. The van der Waals surface area contributed by atoms with E-state index in [2.05, 4.69) is 28.2 Å². The van der Waals surface area contributed by atoms with Gasteiger partial charge in [-0.2, -0.15) is 0 Å². The molecule has 138 valence electrons. The molecular weight excluding hydrogens is 447 g/mol. The number of ether oxygens (including phenoxy) is 1. The van der Waals surface area contributed by atoms with Crippen LogP contribution in [0.4, 0.5) is 0 Å². The van der Waals surface area contributed by atoms with Gasteiger partial charge < -0.3 is 15.0 Å². The smallest absolute Gasteiger partial charge is 0.194 e. The van der Waals surface area contributed by atoms with Gasteiger partial charge in [-0.15, -0.1) is 35.3 Å². The van der Waals surface area contributed by atoms with Gasteiger partial charge in [-0.25, -0.2) is 9.98 Å². The fraction of sp³-hybridized carbons (Fsp3) is 0.444. The maximum atomic E-state index is 5.44. The molecule has 0 radical (unpaired) electrons.